The molecular formula is C16H32F2N2O. The Morgan fingerprint density at radius 1 is 1.29 bits per heavy atom. The zero-order valence-electron chi connectivity index (χ0n) is 13.9. The molecule has 5 heteroatoms. The fraction of sp³-hybridized carbons (Fsp3) is 1.00. The monoisotopic (exact) mass is 306 g/mol. The van der Waals surface area contributed by atoms with E-state index in [4.69, 9.17) is 5.11 Å². The van der Waals surface area contributed by atoms with Crippen molar-refractivity contribution < 1.29 is 13.9 Å². The highest BCUT2D eigenvalue weighted by molar-refractivity contribution is 4.89. The first-order valence-electron chi connectivity index (χ1n) is 8.06. The zero-order valence-corrected chi connectivity index (χ0v) is 13.9. The van der Waals surface area contributed by atoms with E-state index in [1.165, 1.54) is 6.42 Å². The van der Waals surface area contributed by atoms with Crippen LogP contribution in [0.25, 0.3) is 0 Å². The summed E-state index contributed by atoms with van der Waals surface area (Å²) in [5.41, 5.74) is 0.265. The van der Waals surface area contributed by atoms with Crippen molar-refractivity contribution in [3.63, 3.8) is 0 Å². The Labute approximate surface area is 128 Å². The summed E-state index contributed by atoms with van der Waals surface area (Å²) in [4.78, 5) is 1.71. The van der Waals surface area contributed by atoms with Crippen LogP contribution >= 0.6 is 0 Å². The molecule has 1 aliphatic rings. The lowest BCUT2D eigenvalue weighted by Crippen LogP contribution is -2.47. The molecule has 3 nitrogen and oxygen atoms in total. The van der Waals surface area contributed by atoms with E-state index >= 15 is 0 Å². The van der Waals surface area contributed by atoms with Crippen LogP contribution in [0.5, 0.6) is 0 Å². The second kappa shape index (κ2) is 8.39. The average molecular weight is 306 g/mol. The molecule has 3 atom stereocenters. The number of hydrogen-bond acceptors (Lipinski definition) is 3. The number of rotatable bonds is 7. The summed E-state index contributed by atoms with van der Waals surface area (Å²) in [6.07, 6.45) is 1.03. The van der Waals surface area contributed by atoms with Crippen molar-refractivity contribution in [2.24, 2.45) is 17.3 Å². The third-order valence-corrected chi connectivity index (χ3v) is 4.88. The minimum absolute atomic E-state index is 0.0631. The average Bonchev–Trinajstić information content (AvgIpc) is 2.37. The molecule has 0 saturated heterocycles. The van der Waals surface area contributed by atoms with Crippen molar-refractivity contribution in [1.82, 2.24) is 10.2 Å². The van der Waals surface area contributed by atoms with E-state index in [9.17, 15) is 8.78 Å². The number of nitrogens with zero attached hydrogens (tertiary/aromatic N) is 1. The minimum atomic E-state index is -2.34. The van der Waals surface area contributed by atoms with Crippen LogP contribution in [-0.4, -0.2) is 55.8 Å². The fourth-order valence-electron chi connectivity index (χ4n) is 3.56. The molecule has 0 bridgehead atoms. The molecular weight excluding hydrogens is 274 g/mol. The van der Waals surface area contributed by atoms with Gasteiger partial charge in [-0.15, -0.1) is 0 Å². The van der Waals surface area contributed by atoms with Crippen LogP contribution in [0.3, 0.4) is 0 Å². The van der Waals surface area contributed by atoms with Gasteiger partial charge in [0.1, 0.15) is 0 Å². The maximum atomic E-state index is 12.7. The summed E-state index contributed by atoms with van der Waals surface area (Å²) in [5, 5.41) is 12.4. The standard InChI is InChI=1S/C16H32F2N2O/c1-16(2,3)13-5-6-14(19-4)12(9-13)10-20(7-8-21)11-15(17)18/h12-15,19,21H,5-11H2,1-4H3. The number of nitrogens with one attached hydrogen (secondary N) is 1. The van der Waals surface area contributed by atoms with E-state index in [0.717, 1.165) is 12.8 Å². The summed E-state index contributed by atoms with van der Waals surface area (Å²) < 4.78 is 25.3. The SMILES string of the molecule is CNC1CCC(C(C)(C)C)CC1CN(CCO)CC(F)F. The third kappa shape index (κ3) is 6.17. The fourth-order valence-corrected chi connectivity index (χ4v) is 3.56. The van der Waals surface area contributed by atoms with Gasteiger partial charge in [0.2, 0.25) is 0 Å². The first-order chi connectivity index (χ1) is 9.77. The summed E-state index contributed by atoms with van der Waals surface area (Å²) >= 11 is 0. The highest BCUT2D eigenvalue weighted by atomic mass is 19.3. The second-order valence-corrected chi connectivity index (χ2v) is 7.41. The molecule has 0 aromatic carbocycles. The van der Waals surface area contributed by atoms with Gasteiger partial charge in [0, 0.05) is 19.1 Å². The maximum absolute atomic E-state index is 12.7. The van der Waals surface area contributed by atoms with E-state index in [2.05, 4.69) is 26.1 Å². The largest absolute Gasteiger partial charge is 0.395 e. The van der Waals surface area contributed by atoms with E-state index in [0.29, 0.717) is 31.0 Å². The molecule has 0 amide bonds. The Morgan fingerprint density at radius 3 is 2.43 bits per heavy atom. The van der Waals surface area contributed by atoms with Crippen molar-refractivity contribution >= 4 is 0 Å². The Hall–Kier alpha value is -0.260. The Balaban J connectivity index is 2.69. The summed E-state index contributed by atoms with van der Waals surface area (Å²) in [5.74, 6) is 1.01. The quantitative estimate of drug-likeness (QED) is 0.759. The van der Waals surface area contributed by atoms with E-state index < -0.39 is 6.43 Å². The van der Waals surface area contributed by atoms with Gasteiger partial charge in [-0.2, -0.15) is 0 Å². The molecule has 1 saturated carbocycles. The molecule has 0 radical (unpaired) electrons. The first kappa shape index (κ1) is 18.8. The molecule has 0 spiro atoms. The van der Waals surface area contributed by atoms with Gasteiger partial charge in [0.05, 0.1) is 13.2 Å². The molecule has 2 N–H and O–H groups in total. The summed E-state index contributed by atoms with van der Waals surface area (Å²) in [7, 11) is 1.96. The predicted molar refractivity (Wildman–Crippen MR) is 82.7 cm³/mol. The molecule has 1 fully saturated rings. The molecule has 21 heavy (non-hydrogen) atoms. The first-order valence-corrected chi connectivity index (χ1v) is 8.06. The van der Waals surface area contributed by atoms with Crippen LogP contribution < -0.4 is 5.32 Å². The molecule has 0 aromatic heterocycles. The van der Waals surface area contributed by atoms with Crippen molar-refractivity contribution in [2.75, 3.05) is 33.3 Å². The van der Waals surface area contributed by atoms with E-state index in [1.807, 2.05) is 7.05 Å². The van der Waals surface area contributed by atoms with Crippen molar-refractivity contribution in [3.05, 3.63) is 0 Å². The van der Waals surface area contributed by atoms with Crippen LogP contribution in [0.2, 0.25) is 0 Å². The summed E-state index contributed by atoms with van der Waals surface area (Å²) in [6.45, 7) is 7.46. The van der Waals surface area contributed by atoms with E-state index in [-0.39, 0.29) is 18.6 Å². The smallest absolute Gasteiger partial charge is 0.251 e. The molecule has 126 valence electrons. The van der Waals surface area contributed by atoms with Crippen LogP contribution in [0.1, 0.15) is 40.0 Å². The molecule has 3 unspecified atom stereocenters. The van der Waals surface area contributed by atoms with Gasteiger partial charge in [-0.3, -0.25) is 4.90 Å². The third-order valence-electron chi connectivity index (χ3n) is 4.88. The Morgan fingerprint density at radius 2 is 1.95 bits per heavy atom. The number of aliphatic hydroxyl groups is 1. The van der Waals surface area contributed by atoms with Gasteiger partial charge in [0.15, 0.2) is 0 Å². The number of hydrogen-bond donors (Lipinski definition) is 2. The number of halogens is 2. The lowest BCUT2D eigenvalue weighted by molar-refractivity contribution is 0.0451. The van der Waals surface area contributed by atoms with Crippen molar-refractivity contribution in [3.8, 4) is 0 Å². The van der Waals surface area contributed by atoms with Gasteiger partial charge in [-0.05, 0) is 43.6 Å². The highest BCUT2D eigenvalue weighted by Gasteiger charge is 2.36. The highest BCUT2D eigenvalue weighted by Crippen LogP contribution is 2.40. The molecule has 0 aliphatic heterocycles. The van der Waals surface area contributed by atoms with Crippen LogP contribution in [-0.2, 0) is 0 Å². The van der Waals surface area contributed by atoms with Gasteiger partial charge < -0.3 is 10.4 Å². The van der Waals surface area contributed by atoms with Crippen molar-refractivity contribution in [2.45, 2.75) is 52.5 Å². The Bertz CT molecular complexity index is 294. The van der Waals surface area contributed by atoms with Gasteiger partial charge in [-0.1, -0.05) is 20.8 Å². The van der Waals surface area contributed by atoms with Gasteiger partial charge in [-0.25, -0.2) is 8.78 Å². The van der Waals surface area contributed by atoms with Crippen LogP contribution in [0.4, 0.5) is 8.78 Å². The molecule has 0 aromatic rings. The maximum Gasteiger partial charge on any atom is 0.251 e. The zero-order chi connectivity index (χ0) is 16.0. The van der Waals surface area contributed by atoms with E-state index in [1.54, 1.807) is 4.90 Å². The second-order valence-electron chi connectivity index (χ2n) is 7.41. The topological polar surface area (TPSA) is 35.5 Å². The minimum Gasteiger partial charge on any atom is -0.395 e. The van der Waals surface area contributed by atoms with Gasteiger partial charge >= 0.3 is 0 Å². The number of alkyl halides is 2. The summed E-state index contributed by atoms with van der Waals surface area (Å²) in [6, 6.07) is 0.391. The lowest BCUT2D eigenvalue weighted by Gasteiger charge is -2.43. The molecule has 0 heterocycles. The van der Waals surface area contributed by atoms with Crippen molar-refractivity contribution in [1.29, 1.82) is 0 Å². The van der Waals surface area contributed by atoms with Crippen LogP contribution in [0.15, 0.2) is 0 Å². The van der Waals surface area contributed by atoms with Gasteiger partial charge in [0.25, 0.3) is 6.43 Å². The normalized spacial score (nSPS) is 27.6. The Kier molecular flexibility index (Phi) is 7.51. The van der Waals surface area contributed by atoms with Crippen LogP contribution in [0, 0.1) is 17.3 Å². The predicted octanol–water partition coefficient (Wildman–Crippen LogP) is 2.60. The lowest BCUT2D eigenvalue weighted by atomic mass is 9.67. The molecule has 1 rings (SSSR count). The number of aliphatic hydroxyl groups excluding tert-OH is 1. The molecule has 1 aliphatic carbocycles.